The fraction of sp³-hybridized carbons (Fsp3) is 0.333. The van der Waals surface area contributed by atoms with Crippen molar-refractivity contribution in [2.75, 3.05) is 36.5 Å². The molecule has 40 heavy (non-hydrogen) atoms. The molecule has 2 aliphatic heterocycles. The highest BCUT2D eigenvalue weighted by Crippen LogP contribution is 2.36. The van der Waals surface area contributed by atoms with Crippen LogP contribution in [-0.2, 0) is 14.8 Å². The van der Waals surface area contributed by atoms with Gasteiger partial charge in [-0.15, -0.1) is 0 Å². The molecule has 9 nitrogen and oxygen atoms in total. The number of nitrogens with zero attached hydrogens (tertiary/aromatic N) is 2. The predicted octanol–water partition coefficient (Wildman–Crippen LogP) is 4.61. The maximum atomic E-state index is 12.9. The molecule has 0 saturated carbocycles. The van der Waals surface area contributed by atoms with Gasteiger partial charge in [0, 0.05) is 30.4 Å². The van der Waals surface area contributed by atoms with Crippen LogP contribution in [-0.4, -0.2) is 56.9 Å². The van der Waals surface area contributed by atoms with E-state index in [1.54, 1.807) is 30.0 Å². The molecule has 1 saturated heterocycles. The first-order valence-electron chi connectivity index (χ1n) is 13.5. The smallest absolute Gasteiger partial charge is 0.267 e. The summed E-state index contributed by atoms with van der Waals surface area (Å²) in [6.07, 6.45) is 2.06. The summed E-state index contributed by atoms with van der Waals surface area (Å²) in [4.78, 5) is 27.6. The molecule has 1 atom stereocenters. The highest BCUT2D eigenvalue weighted by Gasteiger charge is 2.32. The van der Waals surface area contributed by atoms with Crippen LogP contribution in [0.4, 0.5) is 11.4 Å². The van der Waals surface area contributed by atoms with Gasteiger partial charge in [-0.05, 0) is 80.8 Å². The fourth-order valence-electron chi connectivity index (χ4n) is 4.91. The van der Waals surface area contributed by atoms with Gasteiger partial charge < -0.3 is 19.7 Å². The number of carbonyl (C=O) groups excluding carboxylic acids is 2. The van der Waals surface area contributed by atoms with E-state index in [9.17, 15) is 18.0 Å². The van der Waals surface area contributed by atoms with Crippen LogP contribution in [0.2, 0.25) is 0 Å². The molecule has 5 rings (SSSR count). The van der Waals surface area contributed by atoms with Crippen molar-refractivity contribution in [1.82, 2.24) is 4.31 Å². The van der Waals surface area contributed by atoms with E-state index < -0.39 is 16.1 Å². The lowest BCUT2D eigenvalue weighted by Crippen LogP contribution is -2.46. The van der Waals surface area contributed by atoms with Gasteiger partial charge in [-0.3, -0.25) is 9.59 Å². The van der Waals surface area contributed by atoms with Crippen molar-refractivity contribution in [3.8, 4) is 11.5 Å². The third-order valence-corrected chi connectivity index (χ3v) is 8.98. The van der Waals surface area contributed by atoms with E-state index in [2.05, 4.69) is 5.32 Å². The summed E-state index contributed by atoms with van der Waals surface area (Å²) in [6.45, 7) is 5.36. The van der Waals surface area contributed by atoms with Gasteiger partial charge in [0.2, 0.25) is 10.0 Å². The Bertz CT molecular complexity index is 1500. The zero-order valence-corrected chi connectivity index (χ0v) is 23.4. The Morgan fingerprint density at radius 1 is 1.02 bits per heavy atom. The van der Waals surface area contributed by atoms with Crippen molar-refractivity contribution < 1.29 is 27.5 Å². The minimum atomic E-state index is -3.57. The van der Waals surface area contributed by atoms with Crippen LogP contribution >= 0.6 is 0 Å². The second kappa shape index (κ2) is 11.7. The Balaban J connectivity index is 1.25. The number of sulfonamides is 1. The lowest BCUT2D eigenvalue weighted by atomic mass is 10.1. The Morgan fingerprint density at radius 3 is 2.50 bits per heavy atom. The number of rotatable bonds is 8. The molecule has 2 aliphatic rings. The first kappa shape index (κ1) is 27.7. The lowest BCUT2D eigenvalue weighted by Gasteiger charge is -2.33. The largest absolute Gasteiger partial charge is 0.492 e. The molecule has 0 aliphatic carbocycles. The van der Waals surface area contributed by atoms with Crippen LogP contribution < -0.4 is 19.7 Å². The monoisotopic (exact) mass is 563 g/mol. The minimum Gasteiger partial charge on any atom is -0.492 e. The molecule has 0 spiro atoms. The molecule has 2 amide bonds. The molecule has 3 aromatic rings. The summed E-state index contributed by atoms with van der Waals surface area (Å²) in [5, 5.41) is 2.83. The Hall–Kier alpha value is -3.89. The molecule has 1 fully saturated rings. The number of anilines is 2. The number of benzene rings is 3. The summed E-state index contributed by atoms with van der Waals surface area (Å²) in [7, 11) is -3.57. The highest BCUT2D eigenvalue weighted by atomic mass is 32.2. The van der Waals surface area contributed by atoms with Gasteiger partial charge in [0.25, 0.3) is 11.8 Å². The number of carbonyl (C=O) groups is 2. The van der Waals surface area contributed by atoms with Crippen LogP contribution in [0.3, 0.4) is 0 Å². The van der Waals surface area contributed by atoms with Crippen LogP contribution in [0.1, 0.15) is 42.1 Å². The van der Waals surface area contributed by atoms with Crippen LogP contribution in [0.25, 0.3) is 0 Å². The topological polar surface area (TPSA) is 105 Å². The van der Waals surface area contributed by atoms with Gasteiger partial charge >= 0.3 is 0 Å². The van der Waals surface area contributed by atoms with Gasteiger partial charge in [0.1, 0.15) is 18.1 Å². The van der Waals surface area contributed by atoms with Gasteiger partial charge in [-0.1, -0.05) is 18.6 Å². The van der Waals surface area contributed by atoms with Crippen LogP contribution in [0.5, 0.6) is 11.5 Å². The first-order chi connectivity index (χ1) is 19.2. The molecule has 0 radical (unpaired) electrons. The zero-order chi connectivity index (χ0) is 28.3. The number of amides is 2. The van der Waals surface area contributed by atoms with Crippen molar-refractivity contribution in [3.63, 3.8) is 0 Å². The highest BCUT2D eigenvalue weighted by molar-refractivity contribution is 7.89. The van der Waals surface area contributed by atoms with E-state index in [1.165, 1.54) is 28.6 Å². The molecule has 210 valence electrons. The average molecular weight is 564 g/mol. The fourth-order valence-corrected chi connectivity index (χ4v) is 6.43. The van der Waals surface area contributed by atoms with Crippen molar-refractivity contribution in [1.29, 1.82) is 0 Å². The maximum absolute atomic E-state index is 12.9. The molecule has 1 unspecified atom stereocenters. The molecular weight excluding hydrogens is 530 g/mol. The number of piperidine rings is 1. The normalized spacial score (nSPS) is 17.6. The van der Waals surface area contributed by atoms with Crippen LogP contribution in [0, 0.1) is 6.92 Å². The van der Waals surface area contributed by atoms with Crippen molar-refractivity contribution in [2.24, 2.45) is 0 Å². The third kappa shape index (κ3) is 5.97. The van der Waals surface area contributed by atoms with Crippen molar-refractivity contribution >= 4 is 33.2 Å². The Kier molecular flexibility index (Phi) is 8.09. The number of ether oxygens (including phenoxy) is 2. The van der Waals surface area contributed by atoms with E-state index in [4.69, 9.17) is 9.47 Å². The Morgan fingerprint density at radius 2 is 1.77 bits per heavy atom. The number of hydrogen-bond acceptors (Lipinski definition) is 6. The summed E-state index contributed by atoms with van der Waals surface area (Å²) in [5.41, 5.74) is 2.51. The summed E-state index contributed by atoms with van der Waals surface area (Å²) >= 11 is 0. The molecule has 10 heteroatoms. The van der Waals surface area contributed by atoms with Gasteiger partial charge in [-0.25, -0.2) is 8.42 Å². The lowest BCUT2D eigenvalue weighted by molar-refractivity contribution is -0.125. The minimum absolute atomic E-state index is 0.170. The number of aryl methyl sites for hydroxylation is 1. The van der Waals surface area contributed by atoms with E-state index in [0.29, 0.717) is 48.9 Å². The van der Waals surface area contributed by atoms with E-state index in [0.717, 1.165) is 30.6 Å². The van der Waals surface area contributed by atoms with Crippen molar-refractivity contribution in [2.45, 2.75) is 44.1 Å². The molecule has 0 bridgehead atoms. The molecular formula is C30H33N3O6S. The standard InChI is InChI=1S/C30H33N3O6S/c1-21-7-6-8-25(19-21)38-18-17-33-27-14-11-24(20-28(27)39-22(2)30(33)35)31-29(34)23-9-12-26(13-10-23)40(36,37)32-15-4-3-5-16-32/h6-14,19-20,22H,3-5,15-18H2,1-2H3,(H,31,34). The molecule has 3 aromatic carbocycles. The van der Waals surface area contributed by atoms with E-state index >= 15 is 0 Å². The first-order valence-corrected chi connectivity index (χ1v) is 14.9. The quantitative estimate of drug-likeness (QED) is 0.429. The van der Waals surface area contributed by atoms with E-state index in [1.807, 2.05) is 31.2 Å². The zero-order valence-electron chi connectivity index (χ0n) is 22.6. The molecule has 1 N–H and O–H groups in total. The van der Waals surface area contributed by atoms with Gasteiger partial charge in [-0.2, -0.15) is 4.31 Å². The second-order valence-electron chi connectivity index (χ2n) is 10.0. The maximum Gasteiger partial charge on any atom is 0.267 e. The average Bonchev–Trinajstić information content (AvgIpc) is 2.95. The number of fused-ring (bicyclic) bond motifs is 1. The summed E-state index contributed by atoms with van der Waals surface area (Å²) in [6, 6.07) is 18.8. The van der Waals surface area contributed by atoms with Gasteiger partial charge in [0.05, 0.1) is 17.1 Å². The van der Waals surface area contributed by atoms with Crippen LogP contribution in [0.15, 0.2) is 71.6 Å². The summed E-state index contributed by atoms with van der Waals surface area (Å²) in [5.74, 6) is 0.662. The number of hydrogen-bond donors (Lipinski definition) is 1. The van der Waals surface area contributed by atoms with E-state index in [-0.39, 0.29) is 16.7 Å². The predicted molar refractivity (Wildman–Crippen MR) is 153 cm³/mol. The Labute approximate surface area is 234 Å². The van der Waals surface area contributed by atoms with Gasteiger partial charge in [0.15, 0.2) is 6.10 Å². The second-order valence-corrected chi connectivity index (χ2v) is 12.0. The third-order valence-electron chi connectivity index (χ3n) is 7.07. The molecule has 0 aromatic heterocycles. The summed E-state index contributed by atoms with van der Waals surface area (Å²) < 4.78 is 39.0. The molecule has 2 heterocycles. The van der Waals surface area contributed by atoms with Crippen molar-refractivity contribution in [3.05, 3.63) is 77.9 Å². The number of nitrogens with one attached hydrogen (secondary N) is 1. The SMILES string of the molecule is Cc1cccc(OCCN2C(=O)C(C)Oc3cc(NC(=O)c4ccc(S(=O)(=O)N5CCCCC5)cc4)ccc32)c1.